The predicted octanol–water partition coefficient (Wildman–Crippen LogP) is 2.66. The summed E-state index contributed by atoms with van der Waals surface area (Å²) in [6, 6.07) is 0. The summed E-state index contributed by atoms with van der Waals surface area (Å²) in [7, 11) is 5.92. The zero-order valence-corrected chi connectivity index (χ0v) is 25.8. The van der Waals surface area contributed by atoms with Crippen molar-refractivity contribution in [2.24, 2.45) is 23.7 Å². The number of methoxy groups -OCH3 is 1. The highest BCUT2D eigenvalue weighted by atomic mass is 16.5. The molecule has 0 aliphatic heterocycles. The van der Waals surface area contributed by atoms with Crippen molar-refractivity contribution in [3.8, 4) is 0 Å². The highest BCUT2D eigenvalue weighted by Crippen LogP contribution is 2.08. The van der Waals surface area contributed by atoms with Crippen molar-refractivity contribution in [1.82, 2.24) is 0 Å². The van der Waals surface area contributed by atoms with Crippen LogP contribution >= 0.6 is 0 Å². The lowest BCUT2D eigenvalue weighted by molar-refractivity contribution is -0.149. The summed E-state index contributed by atoms with van der Waals surface area (Å²) in [6.45, 7) is 20.8. The minimum Gasteiger partial charge on any atom is -0.543 e. The van der Waals surface area contributed by atoms with E-state index in [9.17, 15) is 19.2 Å². The molecule has 0 aliphatic carbocycles. The SMILES string of the molecule is C.C=CCO[C@H](C)[C@H](C)C(=O)O.C=CCO[C@H](C)[C@H](C)C(=O)OC.C[C@H](C(=O)O)[C@@H](C)O.[B].[B]OC(=O)[C@@H](C)[C@@H](C)O. The Kier molecular flexibility index (Phi) is 38.7. The minimum atomic E-state index is -0.958. The van der Waals surface area contributed by atoms with Crippen molar-refractivity contribution in [2.75, 3.05) is 20.3 Å². The normalized spacial score (nSPS) is 15.1. The lowest BCUT2D eigenvalue weighted by Crippen LogP contribution is -2.26. The van der Waals surface area contributed by atoms with Crippen molar-refractivity contribution in [1.29, 1.82) is 0 Å². The molecule has 5 radical (unpaired) electrons. The summed E-state index contributed by atoms with van der Waals surface area (Å²) in [5.41, 5.74) is 0. The average Bonchev–Trinajstić information content (AvgIpc) is 2.92. The van der Waals surface area contributed by atoms with Crippen LogP contribution in [0.25, 0.3) is 0 Å². The molecule has 0 aromatic rings. The van der Waals surface area contributed by atoms with Crippen molar-refractivity contribution >= 4 is 40.3 Å². The van der Waals surface area contributed by atoms with E-state index in [-0.39, 0.29) is 39.9 Å². The molecular weight excluding hydrogens is 550 g/mol. The highest BCUT2D eigenvalue weighted by molar-refractivity contribution is 6.05. The zero-order chi connectivity index (χ0) is 32.6. The van der Waals surface area contributed by atoms with Gasteiger partial charge in [-0.3, -0.25) is 19.2 Å². The number of carboxylic acid groups (broad SMARTS) is 2. The first-order chi connectivity index (χ1) is 18.4. The van der Waals surface area contributed by atoms with Crippen LogP contribution in [-0.4, -0.2) is 106 Å². The second-order valence-electron chi connectivity index (χ2n) is 8.93. The molecule has 0 rings (SSSR count). The van der Waals surface area contributed by atoms with Crippen LogP contribution in [0.1, 0.15) is 62.8 Å². The van der Waals surface area contributed by atoms with Crippen LogP contribution in [0.15, 0.2) is 25.3 Å². The number of esters is 1. The van der Waals surface area contributed by atoms with Gasteiger partial charge in [-0.1, -0.05) is 19.6 Å². The van der Waals surface area contributed by atoms with Crippen LogP contribution in [-0.2, 0) is 38.0 Å². The summed E-state index contributed by atoms with van der Waals surface area (Å²) >= 11 is 0. The molecule has 0 amide bonds. The largest absolute Gasteiger partial charge is 0.543 e. The van der Waals surface area contributed by atoms with E-state index in [2.05, 4.69) is 30.6 Å². The van der Waals surface area contributed by atoms with Crippen molar-refractivity contribution in [3.63, 3.8) is 0 Å². The Bertz CT molecular complexity index is 732. The van der Waals surface area contributed by atoms with E-state index in [4.69, 9.17) is 29.9 Å². The van der Waals surface area contributed by atoms with Gasteiger partial charge in [0.1, 0.15) is 0 Å². The number of hydrogen-bond donors (Lipinski definition) is 4. The van der Waals surface area contributed by atoms with E-state index in [0.29, 0.717) is 13.2 Å². The maximum Gasteiger partial charge on any atom is 0.378 e. The van der Waals surface area contributed by atoms with Crippen LogP contribution in [0.3, 0.4) is 0 Å². The number of aliphatic hydroxyl groups is 2. The second kappa shape index (κ2) is 31.3. The third kappa shape index (κ3) is 28.8. The fraction of sp³-hybridized carbons (Fsp3) is 0.714. The van der Waals surface area contributed by atoms with E-state index in [1.165, 1.54) is 27.9 Å². The van der Waals surface area contributed by atoms with Gasteiger partial charge in [0.25, 0.3) is 5.97 Å². The molecule has 0 unspecified atom stereocenters. The maximum absolute atomic E-state index is 11.0. The van der Waals surface area contributed by atoms with Crippen molar-refractivity contribution in [2.45, 2.75) is 87.2 Å². The summed E-state index contributed by atoms with van der Waals surface area (Å²) in [6.07, 6.45) is 1.40. The molecule has 0 spiro atoms. The molecule has 8 atom stereocenters. The number of ether oxygens (including phenoxy) is 3. The van der Waals surface area contributed by atoms with E-state index in [1.807, 2.05) is 6.92 Å². The molecular formula is C28H53B2O12. The summed E-state index contributed by atoms with van der Waals surface area (Å²) in [5.74, 6) is -4.52. The fourth-order valence-corrected chi connectivity index (χ4v) is 1.82. The first-order valence-electron chi connectivity index (χ1n) is 12.6. The monoisotopic (exact) mass is 603 g/mol. The first-order valence-corrected chi connectivity index (χ1v) is 12.6. The fourth-order valence-electron chi connectivity index (χ4n) is 1.82. The summed E-state index contributed by atoms with van der Waals surface area (Å²) < 4.78 is 18.8. The van der Waals surface area contributed by atoms with Crippen LogP contribution < -0.4 is 0 Å². The average molecular weight is 603 g/mol. The van der Waals surface area contributed by atoms with Gasteiger partial charge in [0.2, 0.25) is 0 Å². The molecule has 4 N–H and O–H groups in total. The lowest BCUT2D eigenvalue weighted by Gasteiger charge is -2.17. The Balaban J connectivity index is -0.000000102. The van der Waals surface area contributed by atoms with Gasteiger partial charge in [-0.2, -0.15) is 0 Å². The Morgan fingerprint density at radius 1 is 0.690 bits per heavy atom. The smallest absolute Gasteiger partial charge is 0.378 e. The molecule has 14 heteroatoms. The second-order valence-corrected chi connectivity index (χ2v) is 8.93. The van der Waals surface area contributed by atoms with E-state index in [1.54, 1.807) is 39.8 Å². The van der Waals surface area contributed by atoms with Gasteiger partial charge in [-0.15, -0.1) is 13.2 Å². The van der Waals surface area contributed by atoms with Gasteiger partial charge in [-0.25, -0.2) is 0 Å². The number of carboxylic acids is 2. The lowest BCUT2D eigenvalue weighted by atomic mass is 10.1. The third-order valence-corrected chi connectivity index (χ3v) is 5.65. The molecule has 0 aliphatic rings. The molecule has 0 fully saturated rings. The zero-order valence-electron chi connectivity index (χ0n) is 25.8. The molecule has 12 nitrogen and oxygen atoms in total. The van der Waals surface area contributed by atoms with Gasteiger partial charge < -0.3 is 39.3 Å². The highest BCUT2D eigenvalue weighted by Gasteiger charge is 2.21. The number of hydrogen-bond acceptors (Lipinski definition) is 10. The van der Waals surface area contributed by atoms with Gasteiger partial charge >= 0.3 is 26.0 Å². The van der Waals surface area contributed by atoms with E-state index in [0.717, 1.165) is 0 Å². The third-order valence-electron chi connectivity index (χ3n) is 5.65. The number of carbonyl (C=O) groups excluding carboxylic acids is 2. The Morgan fingerprint density at radius 3 is 1.21 bits per heavy atom. The topological polar surface area (TPSA) is 186 Å². The number of aliphatic carboxylic acids is 2. The van der Waals surface area contributed by atoms with Crippen molar-refractivity contribution in [3.05, 3.63) is 25.3 Å². The predicted molar refractivity (Wildman–Crippen MR) is 163 cm³/mol. The molecule has 0 heterocycles. The van der Waals surface area contributed by atoms with Crippen LogP contribution in [0.5, 0.6) is 0 Å². The molecule has 0 aromatic carbocycles. The molecule has 0 saturated heterocycles. The van der Waals surface area contributed by atoms with Crippen LogP contribution in [0.4, 0.5) is 0 Å². The van der Waals surface area contributed by atoms with Gasteiger partial charge in [0, 0.05) is 8.41 Å². The quantitative estimate of drug-likeness (QED) is 0.129. The number of rotatable bonds is 14. The maximum atomic E-state index is 11.0. The Morgan fingerprint density at radius 2 is 1.02 bits per heavy atom. The number of aliphatic hydroxyl groups excluding tert-OH is 2. The van der Waals surface area contributed by atoms with Gasteiger partial charge in [-0.05, 0) is 55.4 Å². The summed E-state index contributed by atoms with van der Waals surface area (Å²) in [5, 5.41) is 34.1. The standard InChI is InChI=1S/C9H16O3.C8H14O3.C5H9BO3.C5H10O3.CH4.B/c1-5-6-12-8(3)7(2)9(10)11-4;1-4-5-11-7(3)6(2)8(9)10;1-3(4(2)7)5(8)9-6;1-3(4(2)6)5(7)8;;/h5,7-8H,1,6H2,2-4H3;4,6-7H,1,5H2,2-3H3,(H,9,10);3-4,7H,1-2H3;3-4,6H,1-2H3,(H,7,8);1H4;/t7-,8+;6-,7+;2*3-,4+;;/m0000../s1. The first kappa shape index (κ1) is 52.0. The molecule has 0 saturated carbocycles. The van der Waals surface area contributed by atoms with Gasteiger partial charge in [0.15, 0.2) is 0 Å². The Labute approximate surface area is 255 Å². The molecule has 0 bridgehead atoms. The molecule has 0 aromatic heterocycles. The Hall–Kier alpha value is -2.67. The summed E-state index contributed by atoms with van der Waals surface area (Å²) in [4.78, 5) is 41.8. The van der Waals surface area contributed by atoms with Crippen LogP contribution in [0, 0.1) is 23.7 Å². The molecule has 42 heavy (non-hydrogen) atoms. The van der Waals surface area contributed by atoms with Gasteiger partial charge in [0.05, 0.1) is 68.4 Å². The van der Waals surface area contributed by atoms with E-state index < -0.39 is 47.9 Å². The number of carbonyl (C=O) groups is 4. The van der Waals surface area contributed by atoms with Crippen molar-refractivity contribution < 1.29 is 58.5 Å². The van der Waals surface area contributed by atoms with Crippen LogP contribution in [0.2, 0.25) is 0 Å². The molecule has 243 valence electrons. The van der Waals surface area contributed by atoms with E-state index >= 15 is 0 Å². The minimum absolute atomic E-state index is 0.